The minimum absolute atomic E-state index is 0.00367. The highest BCUT2D eigenvalue weighted by Gasteiger charge is 2.33. The maximum atomic E-state index is 14.6. The van der Waals surface area contributed by atoms with E-state index in [2.05, 4.69) is 9.97 Å². The first-order valence-electron chi connectivity index (χ1n) is 8.96. The van der Waals surface area contributed by atoms with Crippen LogP contribution in [0.5, 0.6) is 0 Å². The quantitative estimate of drug-likeness (QED) is 0.569. The van der Waals surface area contributed by atoms with Gasteiger partial charge in [-0.05, 0) is 42.7 Å². The molecule has 0 saturated carbocycles. The number of halogens is 4. The third kappa shape index (κ3) is 3.51. The molecular weight excluding hydrogens is 422 g/mol. The van der Waals surface area contributed by atoms with Gasteiger partial charge in [-0.3, -0.25) is 14.3 Å². The number of aromatic nitrogens is 2. The zero-order valence-electron chi connectivity index (χ0n) is 15.4. The number of rotatable bonds is 3. The van der Waals surface area contributed by atoms with Crippen LogP contribution in [0.2, 0.25) is 0 Å². The Bertz CT molecular complexity index is 1200. The van der Waals surface area contributed by atoms with Gasteiger partial charge >= 0.3 is 6.18 Å². The minimum atomic E-state index is -4.66. The lowest BCUT2D eigenvalue weighted by Gasteiger charge is -2.31. The van der Waals surface area contributed by atoms with Crippen LogP contribution in [-0.4, -0.2) is 24.9 Å². The molecule has 0 spiro atoms. The summed E-state index contributed by atoms with van der Waals surface area (Å²) in [6, 6.07) is 5.20. The Hall–Kier alpha value is -3.01. The van der Waals surface area contributed by atoms with E-state index < -0.39 is 27.6 Å². The van der Waals surface area contributed by atoms with Gasteiger partial charge in [0, 0.05) is 36.3 Å². The molecule has 0 unspecified atom stereocenters. The van der Waals surface area contributed by atoms with Crippen molar-refractivity contribution >= 4 is 15.7 Å². The normalized spacial score (nSPS) is 14.5. The first kappa shape index (κ1) is 20.3. The summed E-state index contributed by atoms with van der Waals surface area (Å²) in [4.78, 5) is 7.88. The second-order valence-electron chi connectivity index (χ2n) is 6.75. The van der Waals surface area contributed by atoms with Gasteiger partial charge in [-0.2, -0.15) is 13.2 Å². The Morgan fingerprint density at radius 1 is 1.00 bits per heavy atom. The highest BCUT2D eigenvalue weighted by molar-refractivity contribution is 7.92. The molecule has 0 saturated heterocycles. The Morgan fingerprint density at radius 2 is 1.80 bits per heavy atom. The molecule has 0 atom stereocenters. The molecular formula is C20H15F4N3O2S. The van der Waals surface area contributed by atoms with Crippen molar-refractivity contribution in [2.24, 2.45) is 0 Å². The summed E-state index contributed by atoms with van der Waals surface area (Å²) in [6.07, 6.45) is 1.63. The lowest BCUT2D eigenvalue weighted by Crippen LogP contribution is -2.35. The Kier molecular flexibility index (Phi) is 4.97. The number of hydrogen-bond donors (Lipinski definition) is 0. The predicted molar refractivity (Wildman–Crippen MR) is 102 cm³/mol. The Morgan fingerprint density at radius 3 is 2.47 bits per heavy atom. The summed E-state index contributed by atoms with van der Waals surface area (Å²) in [5.74, 6) is -1.05. The highest BCUT2D eigenvalue weighted by Crippen LogP contribution is 2.39. The molecule has 5 nitrogen and oxygen atoms in total. The number of alkyl halides is 3. The van der Waals surface area contributed by atoms with Crippen LogP contribution >= 0.6 is 0 Å². The van der Waals surface area contributed by atoms with Gasteiger partial charge < -0.3 is 0 Å². The maximum absolute atomic E-state index is 14.6. The molecule has 1 aliphatic rings. The molecule has 3 heterocycles. The number of hydrogen-bond acceptors (Lipinski definition) is 4. The summed E-state index contributed by atoms with van der Waals surface area (Å²) in [7, 11) is -3.92. The molecule has 0 aliphatic carbocycles. The van der Waals surface area contributed by atoms with Crippen molar-refractivity contribution in [2.45, 2.75) is 23.9 Å². The summed E-state index contributed by atoms with van der Waals surface area (Å²) in [6.45, 7) is 0.199. The summed E-state index contributed by atoms with van der Waals surface area (Å²) < 4.78 is 80.5. The largest absolute Gasteiger partial charge is 0.416 e. The van der Waals surface area contributed by atoms with Crippen LogP contribution < -0.4 is 4.31 Å². The van der Waals surface area contributed by atoms with Crippen LogP contribution in [0.15, 0.2) is 60.0 Å². The van der Waals surface area contributed by atoms with Crippen molar-refractivity contribution < 1.29 is 26.0 Å². The minimum Gasteiger partial charge on any atom is -0.264 e. The van der Waals surface area contributed by atoms with E-state index in [9.17, 15) is 26.0 Å². The SMILES string of the molecule is O=S(=O)(c1cccnc1)N1CCCc2c(-c3ccc(C(F)(F)F)cc3F)cncc21. The van der Waals surface area contributed by atoms with Crippen molar-refractivity contribution in [1.82, 2.24) is 9.97 Å². The molecule has 0 bridgehead atoms. The van der Waals surface area contributed by atoms with E-state index in [-0.39, 0.29) is 28.3 Å². The lowest BCUT2D eigenvalue weighted by atomic mass is 9.94. The van der Waals surface area contributed by atoms with Crippen LogP contribution in [-0.2, 0) is 22.6 Å². The monoisotopic (exact) mass is 437 g/mol. The van der Waals surface area contributed by atoms with Crippen LogP contribution in [0.25, 0.3) is 11.1 Å². The Balaban J connectivity index is 1.82. The molecule has 10 heteroatoms. The van der Waals surface area contributed by atoms with Gasteiger partial charge in [0.2, 0.25) is 0 Å². The zero-order valence-corrected chi connectivity index (χ0v) is 16.2. The standard InChI is InChI=1S/C20H15F4N3O2S/c21-18-9-13(20(22,23)24)5-6-15(18)17-11-26-12-19-16(17)4-2-8-27(19)30(28,29)14-3-1-7-25-10-14/h1,3,5-7,9-12H,2,4,8H2. The number of nitrogens with zero attached hydrogens (tertiary/aromatic N) is 3. The molecule has 156 valence electrons. The molecule has 1 aliphatic heterocycles. The van der Waals surface area contributed by atoms with Crippen molar-refractivity contribution in [3.05, 3.63) is 72.1 Å². The molecule has 0 fully saturated rings. The third-order valence-corrected chi connectivity index (χ3v) is 6.70. The number of fused-ring (bicyclic) bond motifs is 1. The van der Waals surface area contributed by atoms with Crippen LogP contribution in [0.1, 0.15) is 17.5 Å². The van der Waals surface area contributed by atoms with Gasteiger partial charge in [-0.25, -0.2) is 12.8 Å². The molecule has 0 amide bonds. The number of pyridine rings is 2. The molecule has 3 aromatic rings. The number of benzene rings is 1. The van der Waals surface area contributed by atoms with E-state index in [0.717, 1.165) is 12.1 Å². The van der Waals surface area contributed by atoms with Gasteiger partial charge in [0.1, 0.15) is 10.7 Å². The second-order valence-corrected chi connectivity index (χ2v) is 8.61. The fourth-order valence-corrected chi connectivity index (χ4v) is 4.98. The molecule has 30 heavy (non-hydrogen) atoms. The smallest absolute Gasteiger partial charge is 0.264 e. The van der Waals surface area contributed by atoms with E-state index >= 15 is 0 Å². The van der Waals surface area contributed by atoms with Gasteiger partial charge in [0.25, 0.3) is 10.0 Å². The fourth-order valence-electron chi connectivity index (χ4n) is 3.49. The van der Waals surface area contributed by atoms with Crippen molar-refractivity contribution in [3.8, 4) is 11.1 Å². The first-order chi connectivity index (χ1) is 14.2. The van der Waals surface area contributed by atoms with E-state index in [1.807, 2.05) is 0 Å². The van der Waals surface area contributed by atoms with E-state index in [0.29, 0.717) is 24.5 Å². The summed E-state index contributed by atoms with van der Waals surface area (Å²) in [5.41, 5.74) is -0.0932. The fraction of sp³-hybridized carbons (Fsp3) is 0.200. The summed E-state index contributed by atoms with van der Waals surface area (Å²) >= 11 is 0. The Labute approximate surface area is 170 Å². The second kappa shape index (κ2) is 7.35. The molecule has 2 aromatic heterocycles. The highest BCUT2D eigenvalue weighted by atomic mass is 32.2. The van der Waals surface area contributed by atoms with Crippen LogP contribution in [0.4, 0.5) is 23.2 Å². The zero-order chi connectivity index (χ0) is 21.5. The summed E-state index contributed by atoms with van der Waals surface area (Å²) in [5, 5.41) is 0. The lowest BCUT2D eigenvalue weighted by molar-refractivity contribution is -0.137. The average molecular weight is 437 g/mol. The van der Waals surface area contributed by atoms with Crippen molar-refractivity contribution in [1.29, 1.82) is 0 Å². The maximum Gasteiger partial charge on any atom is 0.416 e. The van der Waals surface area contributed by atoms with Crippen LogP contribution in [0.3, 0.4) is 0 Å². The van der Waals surface area contributed by atoms with Gasteiger partial charge in [-0.1, -0.05) is 6.07 Å². The molecule has 1 aromatic carbocycles. The van der Waals surface area contributed by atoms with Crippen molar-refractivity contribution in [2.75, 3.05) is 10.8 Å². The van der Waals surface area contributed by atoms with Crippen LogP contribution in [0, 0.1) is 5.82 Å². The van der Waals surface area contributed by atoms with Gasteiger partial charge in [0.15, 0.2) is 0 Å². The first-order valence-corrected chi connectivity index (χ1v) is 10.4. The molecule has 0 radical (unpaired) electrons. The number of anilines is 1. The van der Waals surface area contributed by atoms with E-state index in [4.69, 9.17) is 0 Å². The topological polar surface area (TPSA) is 63.2 Å². The number of sulfonamides is 1. The van der Waals surface area contributed by atoms with E-state index in [1.165, 1.54) is 41.2 Å². The van der Waals surface area contributed by atoms with E-state index in [1.54, 1.807) is 0 Å². The van der Waals surface area contributed by atoms with Gasteiger partial charge in [-0.15, -0.1) is 0 Å². The third-order valence-electron chi connectivity index (χ3n) is 4.90. The average Bonchev–Trinajstić information content (AvgIpc) is 2.73. The van der Waals surface area contributed by atoms with Crippen molar-refractivity contribution in [3.63, 3.8) is 0 Å². The predicted octanol–water partition coefficient (Wildman–Crippen LogP) is 4.44. The van der Waals surface area contributed by atoms with Gasteiger partial charge in [0.05, 0.1) is 17.4 Å². The molecule has 0 N–H and O–H groups in total. The molecule has 4 rings (SSSR count).